The van der Waals surface area contributed by atoms with E-state index in [4.69, 9.17) is 5.73 Å². The van der Waals surface area contributed by atoms with Crippen molar-refractivity contribution in [1.29, 1.82) is 0 Å². The molecule has 0 saturated carbocycles. The molecule has 0 fully saturated rings. The van der Waals surface area contributed by atoms with Gasteiger partial charge in [-0.2, -0.15) is 0 Å². The molecule has 1 aliphatic heterocycles. The summed E-state index contributed by atoms with van der Waals surface area (Å²) in [6.07, 6.45) is 1.07. The van der Waals surface area contributed by atoms with Crippen molar-refractivity contribution < 1.29 is 0 Å². The van der Waals surface area contributed by atoms with Gasteiger partial charge in [-0.3, -0.25) is 0 Å². The lowest BCUT2D eigenvalue weighted by molar-refractivity contribution is 0.685. The van der Waals surface area contributed by atoms with Gasteiger partial charge in [0, 0.05) is 22.6 Å². The minimum Gasteiger partial charge on any atom is -0.384 e. The largest absolute Gasteiger partial charge is 0.384 e. The van der Waals surface area contributed by atoms with Gasteiger partial charge in [-0.15, -0.1) is 0 Å². The number of benzene rings is 1. The highest BCUT2D eigenvalue weighted by molar-refractivity contribution is 9.10. The summed E-state index contributed by atoms with van der Waals surface area (Å²) in [7, 11) is 0. The highest BCUT2D eigenvalue weighted by Crippen LogP contribution is 2.34. The highest BCUT2D eigenvalue weighted by atomic mass is 79.9. The number of hydrogen-bond acceptors (Lipinski definition) is 2. The molecule has 1 aliphatic rings. The van der Waals surface area contributed by atoms with Crippen LogP contribution in [0, 0.1) is 0 Å². The molecule has 1 unspecified atom stereocenters. The fourth-order valence-corrected chi connectivity index (χ4v) is 2.21. The number of hydrogen-bond donors (Lipinski definition) is 2. The van der Waals surface area contributed by atoms with Crippen molar-refractivity contribution in [1.82, 2.24) is 0 Å². The Morgan fingerprint density at radius 3 is 3.15 bits per heavy atom. The van der Waals surface area contributed by atoms with Crippen LogP contribution in [0.4, 0.5) is 5.69 Å². The van der Waals surface area contributed by atoms with Crippen LogP contribution in [0.15, 0.2) is 22.7 Å². The molecule has 1 heterocycles. The lowest BCUT2D eigenvalue weighted by Crippen LogP contribution is -2.08. The van der Waals surface area contributed by atoms with Crippen LogP contribution in [0.2, 0.25) is 0 Å². The minimum atomic E-state index is 0.595. The number of anilines is 1. The predicted octanol–water partition coefficient (Wildman–Crippen LogP) is 2.31. The zero-order chi connectivity index (χ0) is 9.26. The van der Waals surface area contributed by atoms with Crippen molar-refractivity contribution in [3.63, 3.8) is 0 Å². The van der Waals surface area contributed by atoms with Crippen LogP contribution in [-0.2, 0) is 0 Å². The summed E-state index contributed by atoms with van der Waals surface area (Å²) >= 11 is 3.48. The van der Waals surface area contributed by atoms with Crippen LogP contribution < -0.4 is 11.1 Å². The summed E-state index contributed by atoms with van der Waals surface area (Å²) in [5.41, 5.74) is 8.23. The van der Waals surface area contributed by atoms with Crippen molar-refractivity contribution in [2.75, 3.05) is 18.4 Å². The van der Waals surface area contributed by atoms with Gasteiger partial charge < -0.3 is 11.1 Å². The zero-order valence-electron chi connectivity index (χ0n) is 7.39. The topological polar surface area (TPSA) is 38.0 Å². The number of nitrogens with one attached hydrogen (secondary N) is 1. The van der Waals surface area contributed by atoms with Crippen LogP contribution in [0.25, 0.3) is 0 Å². The molecule has 1 aromatic rings. The molecule has 0 aliphatic carbocycles. The fourth-order valence-electron chi connectivity index (χ4n) is 1.83. The molecule has 2 nitrogen and oxygen atoms in total. The first-order valence-corrected chi connectivity index (χ1v) is 5.34. The maximum atomic E-state index is 5.56. The molecule has 0 saturated heterocycles. The predicted molar refractivity (Wildman–Crippen MR) is 59.0 cm³/mol. The number of fused-ring (bicyclic) bond motifs is 1. The summed E-state index contributed by atoms with van der Waals surface area (Å²) in [6, 6.07) is 6.38. The van der Waals surface area contributed by atoms with Crippen molar-refractivity contribution in [3.05, 3.63) is 28.2 Å². The van der Waals surface area contributed by atoms with Crippen molar-refractivity contribution in [2.45, 2.75) is 12.3 Å². The first-order valence-electron chi connectivity index (χ1n) is 4.54. The highest BCUT2D eigenvalue weighted by Gasteiger charge is 2.20. The first-order chi connectivity index (χ1) is 6.31. The summed E-state index contributed by atoms with van der Waals surface area (Å²) < 4.78 is 1.15. The molecule has 2 rings (SSSR count). The molecule has 1 aromatic carbocycles. The molecule has 0 spiro atoms. The van der Waals surface area contributed by atoms with Crippen LogP contribution in [0.3, 0.4) is 0 Å². The lowest BCUT2D eigenvalue weighted by atomic mass is 9.98. The maximum Gasteiger partial charge on any atom is 0.0377 e. The van der Waals surface area contributed by atoms with Crippen molar-refractivity contribution in [3.8, 4) is 0 Å². The molecule has 0 amide bonds. The van der Waals surface area contributed by atoms with E-state index in [9.17, 15) is 0 Å². The zero-order valence-corrected chi connectivity index (χ0v) is 8.97. The average Bonchev–Trinajstić information content (AvgIpc) is 2.49. The lowest BCUT2D eigenvalue weighted by Gasteiger charge is -2.07. The van der Waals surface area contributed by atoms with Gasteiger partial charge in [0.2, 0.25) is 0 Å². The number of halogens is 1. The second kappa shape index (κ2) is 3.68. The Morgan fingerprint density at radius 1 is 1.54 bits per heavy atom. The molecular formula is C10H13BrN2. The second-order valence-corrected chi connectivity index (χ2v) is 4.30. The molecule has 3 heteroatoms. The Labute approximate surface area is 86.6 Å². The molecular weight excluding hydrogens is 228 g/mol. The van der Waals surface area contributed by atoms with Crippen LogP contribution in [0.5, 0.6) is 0 Å². The van der Waals surface area contributed by atoms with E-state index in [0.29, 0.717) is 5.92 Å². The number of rotatable bonds is 2. The van der Waals surface area contributed by atoms with E-state index in [2.05, 4.69) is 39.4 Å². The van der Waals surface area contributed by atoms with Gasteiger partial charge >= 0.3 is 0 Å². The summed E-state index contributed by atoms with van der Waals surface area (Å²) in [5, 5.41) is 3.39. The summed E-state index contributed by atoms with van der Waals surface area (Å²) in [6.45, 7) is 1.79. The Bertz CT molecular complexity index is 310. The third kappa shape index (κ3) is 1.71. The molecule has 0 radical (unpaired) electrons. The van der Waals surface area contributed by atoms with Gasteiger partial charge in [0.25, 0.3) is 0 Å². The van der Waals surface area contributed by atoms with Gasteiger partial charge in [-0.25, -0.2) is 0 Å². The number of nitrogens with two attached hydrogens (primary N) is 1. The third-order valence-corrected chi connectivity index (χ3v) is 3.00. The van der Waals surface area contributed by atoms with Crippen LogP contribution in [-0.4, -0.2) is 13.1 Å². The molecule has 1 atom stereocenters. The minimum absolute atomic E-state index is 0.595. The Kier molecular flexibility index (Phi) is 2.56. The molecule has 3 N–H and O–H groups in total. The van der Waals surface area contributed by atoms with Gasteiger partial charge in [0.15, 0.2) is 0 Å². The average molecular weight is 241 g/mol. The van der Waals surface area contributed by atoms with E-state index in [0.717, 1.165) is 24.0 Å². The van der Waals surface area contributed by atoms with Gasteiger partial charge in [0.05, 0.1) is 0 Å². The van der Waals surface area contributed by atoms with Gasteiger partial charge in [-0.05, 0) is 36.7 Å². The molecule has 0 aromatic heterocycles. The smallest absolute Gasteiger partial charge is 0.0377 e. The van der Waals surface area contributed by atoms with Crippen LogP contribution >= 0.6 is 15.9 Å². The second-order valence-electron chi connectivity index (χ2n) is 3.39. The van der Waals surface area contributed by atoms with E-state index in [1.807, 2.05) is 0 Å². The molecule has 13 heavy (non-hydrogen) atoms. The SMILES string of the molecule is NCCC1CNc2ccc(Br)cc21. The maximum absolute atomic E-state index is 5.56. The summed E-state index contributed by atoms with van der Waals surface area (Å²) in [4.78, 5) is 0. The van der Waals surface area contributed by atoms with E-state index in [-0.39, 0.29) is 0 Å². The Morgan fingerprint density at radius 2 is 2.38 bits per heavy atom. The van der Waals surface area contributed by atoms with Crippen molar-refractivity contribution >= 4 is 21.6 Å². The summed E-state index contributed by atoms with van der Waals surface area (Å²) in [5.74, 6) is 0.595. The van der Waals surface area contributed by atoms with E-state index in [1.54, 1.807) is 0 Å². The normalized spacial score (nSPS) is 19.7. The van der Waals surface area contributed by atoms with E-state index >= 15 is 0 Å². The molecule has 0 bridgehead atoms. The first kappa shape index (κ1) is 9.03. The van der Waals surface area contributed by atoms with Crippen molar-refractivity contribution in [2.24, 2.45) is 5.73 Å². The Balaban J connectivity index is 2.29. The van der Waals surface area contributed by atoms with Gasteiger partial charge in [-0.1, -0.05) is 15.9 Å². The van der Waals surface area contributed by atoms with Crippen LogP contribution in [0.1, 0.15) is 17.9 Å². The van der Waals surface area contributed by atoms with Gasteiger partial charge in [0.1, 0.15) is 0 Å². The van der Waals surface area contributed by atoms with E-state index < -0.39 is 0 Å². The third-order valence-electron chi connectivity index (χ3n) is 2.51. The fraction of sp³-hybridized carbons (Fsp3) is 0.400. The monoisotopic (exact) mass is 240 g/mol. The standard InChI is InChI=1S/C10H13BrN2/c11-8-1-2-10-9(5-8)7(3-4-12)6-13-10/h1-2,5,7,13H,3-4,6,12H2. The Hall–Kier alpha value is -0.540. The van der Waals surface area contributed by atoms with E-state index in [1.165, 1.54) is 11.3 Å². The quantitative estimate of drug-likeness (QED) is 0.833. The molecule has 70 valence electrons.